The van der Waals surface area contributed by atoms with E-state index in [-0.39, 0.29) is 17.8 Å². The Bertz CT molecular complexity index is 1260. The average molecular weight is 498 g/mol. The van der Waals surface area contributed by atoms with Crippen molar-refractivity contribution < 1.29 is 14.2 Å². The number of hydrogen-bond acceptors (Lipinski definition) is 7. The monoisotopic (exact) mass is 497 g/mol. The van der Waals surface area contributed by atoms with Crippen LogP contribution in [0, 0.1) is 0 Å². The van der Waals surface area contributed by atoms with Crippen LogP contribution in [0.25, 0.3) is 10.9 Å². The lowest BCUT2D eigenvalue weighted by Crippen LogP contribution is -2.34. The number of β-amino-alcohol motifs (C(OH)–C–C–N with tert-alkyl or cyclic N) is 1. The zero-order valence-corrected chi connectivity index (χ0v) is 20.5. The maximum atomic E-state index is 15.1. The molecule has 1 aromatic carbocycles. The minimum Gasteiger partial charge on any atom is -0.495 e. The van der Waals surface area contributed by atoms with Gasteiger partial charge in [0.25, 0.3) is 0 Å². The molecule has 0 bridgehead atoms. The van der Waals surface area contributed by atoms with Crippen molar-refractivity contribution >= 4 is 34.0 Å². The van der Waals surface area contributed by atoms with E-state index in [1.807, 2.05) is 30.5 Å². The maximum absolute atomic E-state index is 15.1. The second-order valence-electron chi connectivity index (χ2n) is 9.90. The summed E-state index contributed by atoms with van der Waals surface area (Å²) in [5, 5.41) is 11.3. The molecule has 1 atom stereocenters. The van der Waals surface area contributed by atoms with Gasteiger partial charge in [-0.1, -0.05) is 11.6 Å². The van der Waals surface area contributed by atoms with Crippen molar-refractivity contribution in [1.29, 1.82) is 0 Å². The third-order valence-electron chi connectivity index (χ3n) is 7.54. The summed E-state index contributed by atoms with van der Waals surface area (Å²) in [5.41, 5.74) is 1.06. The summed E-state index contributed by atoms with van der Waals surface area (Å²) in [6.07, 6.45) is 4.87. The van der Waals surface area contributed by atoms with Crippen LogP contribution in [0.1, 0.15) is 49.5 Å². The summed E-state index contributed by atoms with van der Waals surface area (Å²) in [6, 6.07) is 7.76. The van der Waals surface area contributed by atoms with E-state index in [1.165, 1.54) is 0 Å². The molecule has 1 N–H and O–H groups in total. The van der Waals surface area contributed by atoms with Crippen LogP contribution in [0.5, 0.6) is 5.75 Å². The van der Waals surface area contributed by atoms with E-state index in [0.717, 1.165) is 67.2 Å². The SMILES string of the molecule is COc1cccnc1C1CCN(c2nc(C3(F)CC3)nc3c(Cl)cc(N4CC[C@H](O)C4)cc23)CC1. The topological polar surface area (TPSA) is 74.6 Å². The molecule has 1 saturated carbocycles. The van der Waals surface area contributed by atoms with E-state index >= 15 is 4.39 Å². The molecule has 2 aromatic heterocycles. The lowest BCUT2D eigenvalue weighted by Gasteiger charge is -2.34. The summed E-state index contributed by atoms with van der Waals surface area (Å²) >= 11 is 6.72. The highest BCUT2D eigenvalue weighted by Gasteiger charge is 2.48. The van der Waals surface area contributed by atoms with E-state index in [2.05, 4.69) is 19.8 Å². The summed E-state index contributed by atoms with van der Waals surface area (Å²) in [4.78, 5) is 18.3. The van der Waals surface area contributed by atoms with Crippen LogP contribution in [0.4, 0.5) is 15.9 Å². The van der Waals surface area contributed by atoms with Gasteiger partial charge in [-0.15, -0.1) is 0 Å². The first-order chi connectivity index (χ1) is 16.9. The lowest BCUT2D eigenvalue weighted by atomic mass is 9.92. The van der Waals surface area contributed by atoms with Gasteiger partial charge >= 0.3 is 0 Å². The molecule has 2 aliphatic heterocycles. The number of hydrogen-bond donors (Lipinski definition) is 1. The number of aromatic nitrogens is 3. The molecule has 0 spiro atoms. The highest BCUT2D eigenvalue weighted by atomic mass is 35.5. The Kier molecular flexibility index (Phi) is 5.68. The summed E-state index contributed by atoms with van der Waals surface area (Å²) in [6.45, 7) is 2.86. The fourth-order valence-electron chi connectivity index (χ4n) is 5.34. The Morgan fingerprint density at radius 1 is 1.11 bits per heavy atom. The first-order valence-electron chi connectivity index (χ1n) is 12.3. The van der Waals surface area contributed by atoms with Crippen LogP contribution < -0.4 is 14.5 Å². The van der Waals surface area contributed by atoms with Crippen LogP contribution in [0.2, 0.25) is 5.02 Å². The minimum atomic E-state index is -1.45. The van der Waals surface area contributed by atoms with Crippen LogP contribution in [0.3, 0.4) is 0 Å². The third kappa shape index (κ3) is 4.16. The van der Waals surface area contributed by atoms with Gasteiger partial charge in [-0.2, -0.15) is 0 Å². The van der Waals surface area contributed by atoms with E-state index in [1.54, 1.807) is 7.11 Å². The highest BCUT2D eigenvalue weighted by Crippen LogP contribution is 2.49. The van der Waals surface area contributed by atoms with E-state index in [9.17, 15) is 5.11 Å². The number of anilines is 2. The van der Waals surface area contributed by atoms with Gasteiger partial charge in [0.15, 0.2) is 11.5 Å². The Hall–Kier alpha value is -2.71. The summed E-state index contributed by atoms with van der Waals surface area (Å²) in [7, 11) is 1.68. The van der Waals surface area contributed by atoms with Crippen LogP contribution in [0.15, 0.2) is 30.5 Å². The molecule has 0 unspecified atom stereocenters. The van der Waals surface area contributed by atoms with Gasteiger partial charge in [-0.05, 0) is 56.4 Å². The maximum Gasteiger partial charge on any atom is 0.170 e. The highest BCUT2D eigenvalue weighted by molar-refractivity contribution is 6.35. The number of aliphatic hydroxyl groups excluding tert-OH is 1. The van der Waals surface area contributed by atoms with Crippen molar-refractivity contribution in [3.05, 3.63) is 47.0 Å². The van der Waals surface area contributed by atoms with Crippen molar-refractivity contribution in [3.8, 4) is 5.75 Å². The molecular weight excluding hydrogens is 469 g/mol. The van der Waals surface area contributed by atoms with Crippen molar-refractivity contribution in [2.75, 3.05) is 43.1 Å². The Labute approximate surface area is 208 Å². The Morgan fingerprint density at radius 2 is 1.89 bits per heavy atom. The number of aliphatic hydroxyl groups is 1. The van der Waals surface area contributed by atoms with Gasteiger partial charge in [0.1, 0.15) is 11.6 Å². The quantitative estimate of drug-likeness (QED) is 0.552. The number of ether oxygens (including phenoxy) is 1. The smallest absolute Gasteiger partial charge is 0.170 e. The molecule has 3 aliphatic rings. The molecule has 4 heterocycles. The lowest BCUT2D eigenvalue weighted by molar-refractivity contribution is 0.198. The fourth-order valence-corrected chi connectivity index (χ4v) is 5.60. The van der Waals surface area contributed by atoms with E-state index in [0.29, 0.717) is 29.9 Å². The molecule has 3 fully saturated rings. The van der Waals surface area contributed by atoms with Gasteiger partial charge < -0.3 is 19.6 Å². The zero-order chi connectivity index (χ0) is 24.2. The number of alkyl halides is 1. The normalized spacial score (nSPS) is 22.1. The van der Waals surface area contributed by atoms with Crippen LogP contribution in [-0.2, 0) is 5.67 Å². The van der Waals surface area contributed by atoms with E-state index in [4.69, 9.17) is 21.3 Å². The average Bonchev–Trinajstić information content (AvgIpc) is 3.49. The summed E-state index contributed by atoms with van der Waals surface area (Å²) in [5.74, 6) is 2.08. The largest absolute Gasteiger partial charge is 0.495 e. The first kappa shape index (κ1) is 22.7. The minimum absolute atomic E-state index is 0.236. The number of benzene rings is 1. The van der Waals surface area contributed by atoms with Crippen LogP contribution >= 0.6 is 11.6 Å². The Balaban J connectivity index is 1.36. The molecule has 3 aromatic rings. The number of methoxy groups -OCH3 is 1. The molecule has 7 nitrogen and oxygen atoms in total. The van der Waals surface area contributed by atoms with Gasteiger partial charge in [-0.25, -0.2) is 14.4 Å². The van der Waals surface area contributed by atoms with Gasteiger partial charge in [0, 0.05) is 49.4 Å². The molecule has 9 heteroatoms. The number of rotatable bonds is 5. The number of fused-ring (bicyclic) bond motifs is 1. The summed E-state index contributed by atoms with van der Waals surface area (Å²) < 4.78 is 20.7. The van der Waals surface area contributed by atoms with Crippen molar-refractivity contribution in [2.45, 2.75) is 49.8 Å². The zero-order valence-electron chi connectivity index (χ0n) is 19.8. The molecule has 0 amide bonds. The molecule has 6 rings (SSSR count). The second-order valence-corrected chi connectivity index (χ2v) is 10.3. The van der Waals surface area contributed by atoms with Gasteiger partial charge in [0.2, 0.25) is 0 Å². The molecular formula is C26H29ClFN5O2. The van der Waals surface area contributed by atoms with Gasteiger partial charge in [0.05, 0.1) is 29.4 Å². The number of nitrogens with zero attached hydrogens (tertiary/aromatic N) is 5. The molecule has 0 radical (unpaired) electrons. The molecule has 1 aliphatic carbocycles. The second kappa shape index (κ2) is 8.75. The Morgan fingerprint density at radius 3 is 2.57 bits per heavy atom. The van der Waals surface area contributed by atoms with Crippen molar-refractivity contribution in [3.63, 3.8) is 0 Å². The van der Waals surface area contributed by atoms with Gasteiger partial charge in [-0.3, -0.25) is 4.98 Å². The number of pyridine rings is 1. The number of halogens is 2. The predicted octanol–water partition coefficient (Wildman–Crippen LogP) is 4.60. The fraction of sp³-hybridized carbons (Fsp3) is 0.500. The first-order valence-corrected chi connectivity index (χ1v) is 12.7. The molecule has 2 saturated heterocycles. The van der Waals surface area contributed by atoms with Crippen LogP contribution in [-0.4, -0.2) is 59.5 Å². The standard InChI is InChI=1S/C26H29ClFN5O2/c1-35-21-3-2-9-29-22(21)16-4-10-32(11-5-16)24-19-13-17(33-12-6-18(34)15-33)14-20(27)23(19)30-25(31-24)26(28)7-8-26/h2-3,9,13-14,16,18,34H,4-8,10-12,15H2,1H3/t18-/m0/s1. The number of piperidine rings is 1. The van der Waals surface area contributed by atoms with E-state index < -0.39 is 5.67 Å². The molecule has 184 valence electrons. The van der Waals surface area contributed by atoms with Crippen molar-refractivity contribution in [1.82, 2.24) is 15.0 Å². The van der Waals surface area contributed by atoms with Crippen molar-refractivity contribution in [2.24, 2.45) is 0 Å². The third-order valence-corrected chi connectivity index (χ3v) is 7.83. The predicted molar refractivity (Wildman–Crippen MR) is 134 cm³/mol. The molecule has 35 heavy (non-hydrogen) atoms.